The van der Waals surface area contributed by atoms with Gasteiger partial charge in [-0.3, -0.25) is 4.90 Å². The predicted molar refractivity (Wildman–Crippen MR) is 60.9 cm³/mol. The standard InChI is InChI=1S/C12H23NO2/c1-10-6-13(7-11(2,3)9-14)8-12(4,5)15-10/h9-10H,6-8H2,1-5H3. The van der Waals surface area contributed by atoms with E-state index in [-0.39, 0.29) is 17.1 Å². The molecule has 3 nitrogen and oxygen atoms in total. The van der Waals surface area contributed by atoms with Gasteiger partial charge in [0, 0.05) is 25.0 Å². The van der Waals surface area contributed by atoms with Gasteiger partial charge in [0.15, 0.2) is 0 Å². The molecule has 1 rings (SSSR count). The molecular formula is C12H23NO2. The van der Waals surface area contributed by atoms with Crippen LogP contribution in [0.4, 0.5) is 0 Å². The number of morpholine rings is 1. The zero-order chi connectivity index (χ0) is 11.7. The number of hydrogen-bond acceptors (Lipinski definition) is 3. The van der Waals surface area contributed by atoms with Crippen molar-refractivity contribution in [2.75, 3.05) is 19.6 Å². The second-order valence-corrected chi connectivity index (χ2v) is 5.96. The number of aldehydes is 1. The van der Waals surface area contributed by atoms with Gasteiger partial charge in [0.25, 0.3) is 0 Å². The molecule has 0 aliphatic carbocycles. The third-order valence-electron chi connectivity index (χ3n) is 2.59. The number of carbonyl (C=O) groups excluding carboxylic acids is 1. The summed E-state index contributed by atoms with van der Waals surface area (Å²) < 4.78 is 5.82. The van der Waals surface area contributed by atoms with Crippen LogP contribution in [0.1, 0.15) is 34.6 Å². The lowest BCUT2D eigenvalue weighted by atomic mass is 9.93. The Morgan fingerprint density at radius 3 is 2.60 bits per heavy atom. The lowest BCUT2D eigenvalue weighted by Gasteiger charge is -2.43. The molecule has 1 heterocycles. The van der Waals surface area contributed by atoms with Crippen molar-refractivity contribution in [2.45, 2.75) is 46.3 Å². The monoisotopic (exact) mass is 213 g/mol. The van der Waals surface area contributed by atoms with Crippen LogP contribution in [0.25, 0.3) is 0 Å². The molecule has 0 aromatic heterocycles. The Kier molecular flexibility index (Phi) is 3.56. The summed E-state index contributed by atoms with van der Waals surface area (Å²) in [6, 6.07) is 0. The topological polar surface area (TPSA) is 29.5 Å². The number of carbonyl (C=O) groups is 1. The molecule has 0 N–H and O–H groups in total. The molecular weight excluding hydrogens is 190 g/mol. The van der Waals surface area contributed by atoms with Crippen LogP contribution in [-0.2, 0) is 9.53 Å². The van der Waals surface area contributed by atoms with Crippen LogP contribution >= 0.6 is 0 Å². The van der Waals surface area contributed by atoms with E-state index >= 15 is 0 Å². The molecule has 0 aromatic carbocycles. The van der Waals surface area contributed by atoms with Crippen LogP contribution < -0.4 is 0 Å². The fraction of sp³-hybridized carbons (Fsp3) is 0.917. The third-order valence-corrected chi connectivity index (χ3v) is 2.59. The first-order chi connectivity index (χ1) is 6.74. The molecule has 88 valence electrons. The Labute approximate surface area is 92.8 Å². The summed E-state index contributed by atoms with van der Waals surface area (Å²) in [5, 5.41) is 0. The van der Waals surface area contributed by atoms with E-state index in [4.69, 9.17) is 4.74 Å². The van der Waals surface area contributed by atoms with Crippen molar-refractivity contribution in [3.63, 3.8) is 0 Å². The van der Waals surface area contributed by atoms with Gasteiger partial charge in [-0.05, 0) is 20.8 Å². The Morgan fingerprint density at radius 2 is 2.13 bits per heavy atom. The van der Waals surface area contributed by atoms with E-state index < -0.39 is 0 Å². The van der Waals surface area contributed by atoms with Gasteiger partial charge in [-0.1, -0.05) is 13.8 Å². The SMILES string of the molecule is CC1CN(CC(C)(C)C=O)CC(C)(C)O1. The highest BCUT2D eigenvalue weighted by atomic mass is 16.5. The summed E-state index contributed by atoms with van der Waals surface area (Å²) >= 11 is 0. The van der Waals surface area contributed by atoms with Crippen molar-refractivity contribution in [3.8, 4) is 0 Å². The molecule has 1 fully saturated rings. The van der Waals surface area contributed by atoms with E-state index in [1.165, 1.54) is 0 Å². The highest BCUT2D eigenvalue weighted by Gasteiger charge is 2.33. The van der Waals surface area contributed by atoms with Gasteiger partial charge in [-0.15, -0.1) is 0 Å². The van der Waals surface area contributed by atoms with Crippen molar-refractivity contribution in [1.82, 2.24) is 4.90 Å². The molecule has 1 aliphatic rings. The van der Waals surface area contributed by atoms with E-state index in [9.17, 15) is 4.79 Å². The van der Waals surface area contributed by atoms with Crippen molar-refractivity contribution in [1.29, 1.82) is 0 Å². The first-order valence-corrected chi connectivity index (χ1v) is 5.61. The molecule has 15 heavy (non-hydrogen) atoms. The van der Waals surface area contributed by atoms with Crippen molar-refractivity contribution >= 4 is 6.29 Å². The predicted octanol–water partition coefficient (Wildman–Crippen LogP) is 1.71. The van der Waals surface area contributed by atoms with Crippen LogP contribution in [0.5, 0.6) is 0 Å². The molecule has 0 bridgehead atoms. The van der Waals surface area contributed by atoms with Crippen LogP contribution in [0, 0.1) is 5.41 Å². The molecule has 1 atom stereocenters. The van der Waals surface area contributed by atoms with Gasteiger partial charge >= 0.3 is 0 Å². The molecule has 0 aromatic rings. The molecule has 0 radical (unpaired) electrons. The molecule has 0 spiro atoms. The molecule has 1 aliphatic heterocycles. The Morgan fingerprint density at radius 1 is 1.53 bits per heavy atom. The number of hydrogen-bond donors (Lipinski definition) is 0. The van der Waals surface area contributed by atoms with Gasteiger partial charge in [0.2, 0.25) is 0 Å². The molecule has 1 saturated heterocycles. The average molecular weight is 213 g/mol. The van der Waals surface area contributed by atoms with Crippen molar-refractivity contribution in [2.24, 2.45) is 5.41 Å². The zero-order valence-corrected chi connectivity index (χ0v) is 10.5. The van der Waals surface area contributed by atoms with Crippen LogP contribution in [0.3, 0.4) is 0 Å². The fourth-order valence-electron chi connectivity index (χ4n) is 2.32. The summed E-state index contributed by atoms with van der Waals surface area (Å²) in [7, 11) is 0. The normalized spacial score (nSPS) is 27.7. The van der Waals surface area contributed by atoms with Gasteiger partial charge < -0.3 is 9.53 Å². The quantitative estimate of drug-likeness (QED) is 0.668. The summed E-state index contributed by atoms with van der Waals surface area (Å²) in [5.74, 6) is 0. The minimum absolute atomic E-state index is 0.101. The molecule has 3 heteroatoms. The number of rotatable bonds is 3. The Hall–Kier alpha value is -0.410. The van der Waals surface area contributed by atoms with E-state index in [0.29, 0.717) is 0 Å². The summed E-state index contributed by atoms with van der Waals surface area (Å²) in [6.45, 7) is 12.9. The van der Waals surface area contributed by atoms with Crippen LogP contribution in [0.2, 0.25) is 0 Å². The van der Waals surface area contributed by atoms with Gasteiger partial charge in [0.1, 0.15) is 6.29 Å². The van der Waals surface area contributed by atoms with E-state index in [1.54, 1.807) is 0 Å². The molecule has 0 amide bonds. The van der Waals surface area contributed by atoms with E-state index in [1.807, 2.05) is 13.8 Å². The first kappa shape index (κ1) is 12.7. The van der Waals surface area contributed by atoms with Gasteiger partial charge in [0.05, 0.1) is 11.7 Å². The number of ether oxygens (including phenoxy) is 1. The lowest BCUT2D eigenvalue weighted by Crippen LogP contribution is -2.54. The zero-order valence-electron chi connectivity index (χ0n) is 10.5. The van der Waals surface area contributed by atoms with Crippen LogP contribution in [0.15, 0.2) is 0 Å². The van der Waals surface area contributed by atoms with Crippen molar-refractivity contribution in [3.05, 3.63) is 0 Å². The maximum atomic E-state index is 10.9. The van der Waals surface area contributed by atoms with Crippen LogP contribution in [-0.4, -0.2) is 42.5 Å². The third kappa shape index (κ3) is 3.92. The minimum atomic E-state index is -0.257. The maximum Gasteiger partial charge on any atom is 0.126 e. The highest BCUT2D eigenvalue weighted by Crippen LogP contribution is 2.23. The Bertz CT molecular complexity index is 236. The summed E-state index contributed by atoms with van der Waals surface area (Å²) in [5.41, 5.74) is -0.357. The van der Waals surface area contributed by atoms with Gasteiger partial charge in [-0.25, -0.2) is 0 Å². The average Bonchev–Trinajstić information content (AvgIpc) is 1.99. The fourth-order valence-corrected chi connectivity index (χ4v) is 2.32. The van der Waals surface area contributed by atoms with E-state index in [0.717, 1.165) is 25.9 Å². The largest absolute Gasteiger partial charge is 0.370 e. The summed E-state index contributed by atoms with van der Waals surface area (Å²) in [6.07, 6.45) is 1.29. The first-order valence-electron chi connectivity index (χ1n) is 5.61. The summed E-state index contributed by atoms with van der Waals surface area (Å²) in [4.78, 5) is 13.2. The second-order valence-electron chi connectivity index (χ2n) is 5.96. The van der Waals surface area contributed by atoms with Gasteiger partial charge in [-0.2, -0.15) is 0 Å². The molecule has 1 unspecified atom stereocenters. The Balaban J connectivity index is 2.59. The smallest absolute Gasteiger partial charge is 0.126 e. The van der Waals surface area contributed by atoms with Crippen molar-refractivity contribution < 1.29 is 9.53 Å². The van der Waals surface area contributed by atoms with E-state index in [2.05, 4.69) is 25.7 Å². The minimum Gasteiger partial charge on any atom is -0.370 e. The second kappa shape index (κ2) is 4.22. The molecule has 0 saturated carbocycles. The maximum absolute atomic E-state index is 10.9. The lowest BCUT2D eigenvalue weighted by molar-refractivity contribution is -0.137. The number of nitrogens with zero attached hydrogens (tertiary/aromatic N) is 1. The highest BCUT2D eigenvalue weighted by molar-refractivity contribution is 5.58.